The van der Waals surface area contributed by atoms with Crippen LogP contribution < -0.4 is 10.1 Å². The molecule has 0 aliphatic rings. The van der Waals surface area contributed by atoms with Crippen LogP contribution in [0, 0.1) is 10.1 Å². The Balaban J connectivity index is 2.01. The van der Waals surface area contributed by atoms with E-state index in [4.69, 9.17) is 16.3 Å². The highest BCUT2D eigenvalue weighted by Gasteiger charge is 2.10. The standard InChI is InChI=1S/C13H13ClN2O3S/c1-19-11-5-9(4-10(6-11)16(17)18)7-15-8-12-2-3-13(14)20-12/h2-6,15H,7-8H2,1H3. The molecule has 0 radical (unpaired) electrons. The lowest BCUT2D eigenvalue weighted by molar-refractivity contribution is -0.385. The number of hydrogen-bond donors (Lipinski definition) is 1. The SMILES string of the molecule is COc1cc(CNCc2ccc(Cl)s2)cc([N+](=O)[O-])c1. The molecular weight excluding hydrogens is 300 g/mol. The monoisotopic (exact) mass is 312 g/mol. The number of hydrogen-bond acceptors (Lipinski definition) is 5. The largest absolute Gasteiger partial charge is 0.496 e. The summed E-state index contributed by atoms with van der Waals surface area (Å²) < 4.78 is 5.81. The number of thiophene rings is 1. The van der Waals surface area contributed by atoms with E-state index < -0.39 is 4.92 Å². The molecule has 0 bridgehead atoms. The van der Waals surface area contributed by atoms with Crippen LogP contribution in [0.2, 0.25) is 4.34 Å². The second kappa shape index (κ2) is 6.69. The summed E-state index contributed by atoms with van der Waals surface area (Å²) in [5.41, 5.74) is 0.832. The van der Waals surface area contributed by atoms with Crippen LogP contribution in [0.4, 0.5) is 5.69 Å². The number of non-ortho nitro benzene ring substituents is 1. The molecule has 0 saturated carbocycles. The molecule has 1 aromatic heterocycles. The van der Waals surface area contributed by atoms with Gasteiger partial charge in [0.2, 0.25) is 0 Å². The molecule has 0 unspecified atom stereocenters. The van der Waals surface area contributed by atoms with Crippen LogP contribution in [0.25, 0.3) is 0 Å². The number of benzene rings is 1. The topological polar surface area (TPSA) is 64.4 Å². The Bertz CT molecular complexity index is 615. The molecule has 0 atom stereocenters. The number of nitrogens with one attached hydrogen (secondary N) is 1. The van der Waals surface area contributed by atoms with Crippen LogP contribution in [0.1, 0.15) is 10.4 Å². The number of nitro groups is 1. The first-order valence-electron chi connectivity index (χ1n) is 5.86. The summed E-state index contributed by atoms with van der Waals surface area (Å²) in [6.45, 7) is 1.19. The molecule has 5 nitrogen and oxygen atoms in total. The van der Waals surface area contributed by atoms with Crippen molar-refractivity contribution in [2.45, 2.75) is 13.1 Å². The second-order valence-electron chi connectivity index (χ2n) is 4.11. The normalized spacial score (nSPS) is 10.5. The first-order chi connectivity index (χ1) is 9.58. The highest BCUT2D eigenvalue weighted by molar-refractivity contribution is 7.16. The van der Waals surface area contributed by atoms with Gasteiger partial charge in [-0.3, -0.25) is 10.1 Å². The number of nitrogens with zero attached hydrogens (tertiary/aromatic N) is 1. The zero-order valence-electron chi connectivity index (χ0n) is 10.8. The summed E-state index contributed by atoms with van der Waals surface area (Å²) >= 11 is 7.36. The van der Waals surface area contributed by atoms with Gasteiger partial charge in [0.05, 0.1) is 22.4 Å². The molecule has 0 amide bonds. The Morgan fingerprint density at radius 3 is 2.75 bits per heavy atom. The van der Waals surface area contributed by atoms with E-state index in [1.165, 1.54) is 30.6 Å². The number of halogens is 1. The fourth-order valence-electron chi connectivity index (χ4n) is 1.75. The van der Waals surface area contributed by atoms with Gasteiger partial charge in [0.1, 0.15) is 5.75 Å². The summed E-state index contributed by atoms with van der Waals surface area (Å²) in [6, 6.07) is 8.52. The van der Waals surface area contributed by atoms with E-state index in [1.54, 1.807) is 6.07 Å². The number of methoxy groups -OCH3 is 1. The zero-order valence-corrected chi connectivity index (χ0v) is 12.3. The Kier molecular flexibility index (Phi) is 4.94. The summed E-state index contributed by atoms with van der Waals surface area (Å²) in [5.74, 6) is 0.482. The van der Waals surface area contributed by atoms with Gasteiger partial charge in [0.25, 0.3) is 5.69 Å². The minimum absolute atomic E-state index is 0.0281. The van der Waals surface area contributed by atoms with Crippen molar-refractivity contribution < 1.29 is 9.66 Å². The van der Waals surface area contributed by atoms with E-state index in [-0.39, 0.29) is 5.69 Å². The van der Waals surface area contributed by atoms with Gasteiger partial charge in [-0.15, -0.1) is 11.3 Å². The molecule has 2 rings (SSSR count). The lowest BCUT2D eigenvalue weighted by atomic mass is 10.2. The predicted octanol–water partition coefficient (Wildman–Crippen LogP) is 3.61. The van der Waals surface area contributed by atoms with Gasteiger partial charge in [0, 0.05) is 24.0 Å². The first-order valence-corrected chi connectivity index (χ1v) is 7.05. The van der Waals surface area contributed by atoms with Gasteiger partial charge in [-0.25, -0.2) is 0 Å². The van der Waals surface area contributed by atoms with E-state index in [0.717, 1.165) is 14.8 Å². The minimum Gasteiger partial charge on any atom is -0.496 e. The van der Waals surface area contributed by atoms with E-state index in [2.05, 4.69) is 5.32 Å². The van der Waals surface area contributed by atoms with Gasteiger partial charge in [-0.1, -0.05) is 11.6 Å². The minimum atomic E-state index is -0.426. The van der Waals surface area contributed by atoms with Crippen LogP contribution in [-0.2, 0) is 13.1 Å². The molecule has 0 saturated heterocycles. The average molecular weight is 313 g/mol. The molecule has 7 heteroatoms. The van der Waals surface area contributed by atoms with Crippen molar-refractivity contribution >= 4 is 28.6 Å². The van der Waals surface area contributed by atoms with Gasteiger partial charge < -0.3 is 10.1 Å². The van der Waals surface area contributed by atoms with E-state index >= 15 is 0 Å². The molecule has 1 N–H and O–H groups in total. The fourth-order valence-corrected chi connectivity index (χ4v) is 2.80. The predicted molar refractivity (Wildman–Crippen MR) is 79.5 cm³/mol. The van der Waals surface area contributed by atoms with Crippen molar-refractivity contribution in [1.82, 2.24) is 5.32 Å². The maximum absolute atomic E-state index is 10.8. The summed E-state index contributed by atoms with van der Waals surface area (Å²) in [7, 11) is 1.49. The van der Waals surface area contributed by atoms with E-state index in [9.17, 15) is 10.1 Å². The smallest absolute Gasteiger partial charge is 0.273 e. The first kappa shape index (κ1) is 14.8. The molecule has 106 valence electrons. The van der Waals surface area contributed by atoms with Crippen LogP contribution in [0.15, 0.2) is 30.3 Å². The van der Waals surface area contributed by atoms with Crippen molar-refractivity contribution in [3.8, 4) is 5.75 Å². The van der Waals surface area contributed by atoms with Crippen molar-refractivity contribution in [2.24, 2.45) is 0 Å². The van der Waals surface area contributed by atoms with Gasteiger partial charge in [-0.05, 0) is 23.8 Å². The third-order valence-corrected chi connectivity index (χ3v) is 3.89. The quantitative estimate of drug-likeness (QED) is 0.653. The van der Waals surface area contributed by atoms with Crippen molar-refractivity contribution in [2.75, 3.05) is 7.11 Å². The van der Waals surface area contributed by atoms with Gasteiger partial charge >= 0.3 is 0 Å². The van der Waals surface area contributed by atoms with Crippen LogP contribution in [0.5, 0.6) is 5.75 Å². The van der Waals surface area contributed by atoms with E-state index in [0.29, 0.717) is 18.8 Å². The highest BCUT2D eigenvalue weighted by atomic mass is 35.5. The summed E-state index contributed by atoms with van der Waals surface area (Å²) in [5, 5.41) is 14.1. The zero-order chi connectivity index (χ0) is 14.5. The molecule has 0 spiro atoms. The highest BCUT2D eigenvalue weighted by Crippen LogP contribution is 2.23. The molecule has 1 heterocycles. The average Bonchev–Trinajstić information content (AvgIpc) is 2.84. The molecule has 0 fully saturated rings. The van der Waals surface area contributed by atoms with Crippen LogP contribution >= 0.6 is 22.9 Å². The third-order valence-electron chi connectivity index (χ3n) is 2.65. The van der Waals surface area contributed by atoms with Gasteiger partial charge in [-0.2, -0.15) is 0 Å². The number of nitro benzene ring substituents is 1. The molecule has 0 aliphatic heterocycles. The Morgan fingerprint density at radius 2 is 2.15 bits per heavy atom. The maximum atomic E-state index is 10.8. The van der Waals surface area contributed by atoms with Crippen LogP contribution in [0.3, 0.4) is 0 Å². The molecule has 2 aromatic rings. The number of ether oxygens (including phenoxy) is 1. The Morgan fingerprint density at radius 1 is 1.35 bits per heavy atom. The molecular formula is C13H13ClN2O3S. The van der Waals surface area contributed by atoms with Gasteiger partial charge in [0.15, 0.2) is 0 Å². The van der Waals surface area contributed by atoms with Crippen molar-refractivity contribution in [3.05, 3.63) is 55.2 Å². The van der Waals surface area contributed by atoms with Crippen LogP contribution in [-0.4, -0.2) is 12.0 Å². The molecule has 20 heavy (non-hydrogen) atoms. The van der Waals surface area contributed by atoms with Crippen molar-refractivity contribution in [1.29, 1.82) is 0 Å². The maximum Gasteiger partial charge on any atom is 0.273 e. The molecule has 1 aromatic carbocycles. The van der Waals surface area contributed by atoms with E-state index in [1.807, 2.05) is 12.1 Å². The number of rotatable bonds is 6. The second-order valence-corrected chi connectivity index (χ2v) is 5.91. The van der Waals surface area contributed by atoms with Crippen molar-refractivity contribution in [3.63, 3.8) is 0 Å². The third kappa shape index (κ3) is 3.93. The lowest BCUT2D eigenvalue weighted by Crippen LogP contribution is -2.12. The fraction of sp³-hybridized carbons (Fsp3) is 0.231. The Labute approximate surface area is 125 Å². The molecule has 0 aliphatic carbocycles. The summed E-state index contributed by atoms with van der Waals surface area (Å²) in [6.07, 6.45) is 0. The lowest BCUT2D eigenvalue weighted by Gasteiger charge is -2.06. The summed E-state index contributed by atoms with van der Waals surface area (Å²) in [4.78, 5) is 11.5. The Hall–Kier alpha value is -1.63.